The van der Waals surface area contributed by atoms with Gasteiger partial charge in [0.15, 0.2) is 0 Å². The second-order valence-electron chi connectivity index (χ2n) is 5.58. The molecular formula is C16H22N4O. The SMILES string of the molecule is Cc1ccc(NCCc2nc(N3CCCCC3)no2)cc1. The monoisotopic (exact) mass is 286 g/mol. The molecule has 0 radical (unpaired) electrons. The predicted octanol–water partition coefficient (Wildman–Crippen LogP) is 3.02. The zero-order valence-corrected chi connectivity index (χ0v) is 12.5. The van der Waals surface area contributed by atoms with Crippen LogP contribution in [0.3, 0.4) is 0 Å². The highest BCUT2D eigenvalue weighted by Gasteiger charge is 2.16. The van der Waals surface area contributed by atoms with Crippen molar-refractivity contribution >= 4 is 11.6 Å². The lowest BCUT2D eigenvalue weighted by Gasteiger charge is -2.24. The third-order valence-electron chi connectivity index (χ3n) is 3.82. The molecule has 0 unspecified atom stereocenters. The second-order valence-corrected chi connectivity index (χ2v) is 5.58. The van der Waals surface area contributed by atoms with E-state index >= 15 is 0 Å². The highest BCUT2D eigenvalue weighted by atomic mass is 16.5. The zero-order valence-electron chi connectivity index (χ0n) is 12.5. The molecule has 1 aliphatic heterocycles. The van der Waals surface area contributed by atoms with E-state index in [1.807, 2.05) is 0 Å². The molecule has 1 aliphatic rings. The zero-order chi connectivity index (χ0) is 14.5. The first-order valence-corrected chi connectivity index (χ1v) is 7.69. The van der Waals surface area contributed by atoms with Gasteiger partial charge in [0.25, 0.3) is 5.95 Å². The van der Waals surface area contributed by atoms with Crippen LogP contribution < -0.4 is 10.2 Å². The maximum absolute atomic E-state index is 5.33. The van der Waals surface area contributed by atoms with Gasteiger partial charge in [-0.15, -0.1) is 0 Å². The molecule has 0 bridgehead atoms. The molecule has 0 aliphatic carbocycles. The van der Waals surface area contributed by atoms with Crippen LogP contribution in [0.15, 0.2) is 28.8 Å². The summed E-state index contributed by atoms with van der Waals surface area (Å²) < 4.78 is 5.33. The minimum Gasteiger partial charge on any atom is -0.385 e. The molecule has 1 saturated heterocycles. The summed E-state index contributed by atoms with van der Waals surface area (Å²) in [5.74, 6) is 1.45. The maximum atomic E-state index is 5.33. The van der Waals surface area contributed by atoms with Gasteiger partial charge >= 0.3 is 0 Å². The molecule has 0 atom stereocenters. The number of piperidine rings is 1. The van der Waals surface area contributed by atoms with E-state index < -0.39 is 0 Å². The summed E-state index contributed by atoms with van der Waals surface area (Å²) >= 11 is 0. The average Bonchev–Trinajstić information content (AvgIpc) is 2.99. The highest BCUT2D eigenvalue weighted by Crippen LogP contribution is 2.16. The van der Waals surface area contributed by atoms with Crippen LogP contribution in [0.25, 0.3) is 0 Å². The summed E-state index contributed by atoms with van der Waals surface area (Å²) in [5, 5.41) is 7.46. The van der Waals surface area contributed by atoms with Crippen LogP contribution in [0, 0.1) is 6.92 Å². The molecule has 1 aromatic heterocycles. The van der Waals surface area contributed by atoms with Crippen molar-refractivity contribution in [2.45, 2.75) is 32.6 Å². The van der Waals surface area contributed by atoms with Crippen LogP contribution in [0.5, 0.6) is 0 Å². The van der Waals surface area contributed by atoms with E-state index in [4.69, 9.17) is 4.52 Å². The Morgan fingerprint density at radius 3 is 2.67 bits per heavy atom. The number of rotatable bonds is 5. The Balaban J connectivity index is 1.49. The van der Waals surface area contributed by atoms with E-state index in [0.29, 0.717) is 5.89 Å². The molecule has 21 heavy (non-hydrogen) atoms. The maximum Gasteiger partial charge on any atom is 0.266 e. The van der Waals surface area contributed by atoms with Gasteiger partial charge in [-0.25, -0.2) is 0 Å². The molecule has 2 aromatic rings. The van der Waals surface area contributed by atoms with E-state index in [2.05, 4.69) is 51.5 Å². The van der Waals surface area contributed by atoms with Gasteiger partial charge in [-0.1, -0.05) is 17.7 Å². The topological polar surface area (TPSA) is 54.2 Å². The molecule has 0 amide bonds. The first-order valence-electron chi connectivity index (χ1n) is 7.69. The average molecular weight is 286 g/mol. The first-order chi connectivity index (χ1) is 10.3. The number of nitrogens with zero attached hydrogens (tertiary/aromatic N) is 3. The summed E-state index contributed by atoms with van der Waals surface area (Å²) in [4.78, 5) is 6.70. The van der Waals surface area contributed by atoms with Gasteiger partial charge in [-0.05, 0) is 43.5 Å². The number of aryl methyl sites for hydroxylation is 1. The third kappa shape index (κ3) is 3.74. The largest absolute Gasteiger partial charge is 0.385 e. The molecule has 0 saturated carbocycles. The lowest BCUT2D eigenvalue weighted by atomic mass is 10.1. The molecule has 1 fully saturated rings. The van der Waals surface area contributed by atoms with Crippen molar-refractivity contribution in [1.82, 2.24) is 10.1 Å². The van der Waals surface area contributed by atoms with Crippen molar-refractivity contribution in [3.8, 4) is 0 Å². The van der Waals surface area contributed by atoms with Gasteiger partial charge < -0.3 is 14.7 Å². The van der Waals surface area contributed by atoms with E-state index in [0.717, 1.165) is 37.7 Å². The van der Waals surface area contributed by atoms with Crippen LogP contribution in [0.2, 0.25) is 0 Å². The molecule has 112 valence electrons. The summed E-state index contributed by atoms with van der Waals surface area (Å²) in [6.45, 7) is 4.97. The summed E-state index contributed by atoms with van der Waals surface area (Å²) in [7, 11) is 0. The molecule has 5 nitrogen and oxygen atoms in total. The fraction of sp³-hybridized carbons (Fsp3) is 0.500. The summed E-state index contributed by atoms with van der Waals surface area (Å²) in [6, 6.07) is 8.37. The van der Waals surface area contributed by atoms with Crippen molar-refractivity contribution in [3.63, 3.8) is 0 Å². The Hall–Kier alpha value is -2.04. The molecule has 0 spiro atoms. The number of nitrogens with one attached hydrogen (secondary N) is 1. The van der Waals surface area contributed by atoms with Gasteiger partial charge in [-0.3, -0.25) is 0 Å². The van der Waals surface area contributed by atoms with Crippen LogP contribution in [0.4, 0.5) is 11.6 Å². The third-order valence-corrected chi connectivity index (χ3v) is 3.82. The van der Waals surface area contributed by atoms with Crippen LogP contribution in [0.1, 0.15) is 30.7 Å². The smallest absolute Gasteiger partial charge is 0.266 e. The predicted molar refractivity (Wildman–Crippen MR) is 83.7 cm³/mol. The summed E-state index contributed by atoms with van der Waals surface area (Å²) in [5.41, 5.74) is 2.39. The van der Waals surface area contributed by atoms with E-state index in [1.165, 1.54) is 24.8 Å². The normalized spacial score (nSPS) is 15.2. The van der Waals surface area contributed by atoms with Crippen molar-refractivity contribution < 1.29 is 4.52 Å². The standard InChI is InChI=1S/C16H22N4O/c1-13-5-7-14(8-6-13)17-10-9-15-18-16(19-21-15)20-11-3-2-4-12-20/h5-8,17H,2-4,9-12H2,1H3. The Labute approximate surface area is 125 Å². The number of hydrogen-bond donors (Lipinski definition) is 1. The molecule has 3 rings (SSSR count). The van der Waals surface area contributed by atoms with Crippen molar-refractivity contribution in [1.29, 1.82) is 0 Å². The number of benzene rings is 1. The van der Waals surface area contributed by atoms with Crippen molar-refractivity contribution in [2.24, 2.45) is 0 Å². The molecule has 2 heterocycles. The quantitative estimate of drug-likeness (QED) is 0.915. The summed E-state index contributed by atoms with van der Waals surface area (Å²) in [6.07, 6.45) is 4.49. The van der Waals surface area contributed by atoms with E-state index in [1.54, 1.807) is 0 Å². The lowest BCUT2D eigenvalue weighted by Crippen LogP contribution is -2.30. The van der Waals surface area contributed by atoms with Gasteiger partial charge in [0.05, 0.1) is 0 Å². The molecule has 5 heteroatoms. The van der Waals surface area contributed by atoms with Crippen molar-refractivity contribution in [3.05, 3.63) is 35.7 Å². The first kappa shape index (κ1) is 13.9. The van der Waals surface area contributed by atoms with Gasteiger partial charge in [0, 0.05) is 31.7 Å². The van der Waals surface area contributed by atoms with Gasteiger partial charge in [-0.2, -0.15) is 4.98 Å². The van der Waals surface area contributed by atoms with Crippen LogP contribution in [-0.2, 0) is 6.42 Å². The Morgan fingerprint density at radius 1 is 1.14 bits per heavy atom. The van der Waals surface area contributed by atoms with Crippen LogP contribution >= 0.6 is 0 Å². The second kappa shape index (κ2) is 6.61. The minimum atomic E-state index is 0.704. The van der Waals surface area contributed by atoms with Crippen LogP contribution in [-0.4, -0.2) is 29.8 Å². The van der Waals surface area contributed by atoms with E-state index in [9.17, 15) is 0 Å². The Kier molecular flexibility index (Phi) is 4.38. The molecule has 1 N–H and O–H groups in total. The number of aromatic nitrogens is 2. The minimum absolute atomic E-state index is 0.704. The Morgan fingerprint density at radius 2 is 1.90 bits per heavy atom. The fourth-order valence-corrected chi connectivity index (χ4v) is 2.55. The number of hydrogen-bond acceptors (Lipinski definition) is 5. The molecular weight excluding hydrogens is 264 g/mol. The Bertz CT molecular complexity index is 558. The number of anilines is 2. The van der Waals surface area contributed by atoms with Gasteiger partial charge in [0.1, 0.15) is 0 Å². The van der Waals surface area contributed by atoms with Gasteiger partial charge in [0.2, 0.25) is 5.89 Å². The van der Waals surface area contributed by atoms with E-state index in [-0.39, 0.29) is 0 Å². The fourth-order valence-electron chi connectivity index (χ4n) is 2.55. The highest BCUT2D eigenvalue weighted by molar-refractivity contribution is 5.44. The lowest BCUT2D eigenvalue weighted by molar-refractivity contribution is 0.378. The van der Waals surface area contributed by atoms with Crippen molar-refractivity contribution in [2.75, 3.05) is 29.9 Å². The molecule has 1 aromatic carbocycles.